The standard InChI is InChI=1S/C12H10Br2FNS/c1-7(11-4-5-12(14)17-11)16-8-2-3-10(15)9(13)6-8/h2-7,16H,1H3. The summed E-state index contributed by atoms with van der Waals surface area (Å²) in [6.45, 7) is 2.08. The second-order valence-electron chi connectivity index (χ2n) is 3.64. The van der Waals surface area contributed by atoms with Gasteiger partial charge in [-0.3, -0.25) is 0 Å². The van der Waals surface area contributed by atoms with Crippen LogP contribution in [0, 0.1) is 5.82 Å². The topological polar surface area (TPSA) is 12.0 Å². The van der Waals surface area contributed by atoms with E-state index in [-0.39, 0.29) is 11.9 Å². The zero-order chi connectivity index (χ0) is 12.4. The van der Waals surface area contributed by atoms with Crippen LogP contribution in [0.2, 0.25) is 0 Å². The quantitative estimate of drug-likeness (QED) is 0.734. The van der Waals surface area contributed by atoms with Crippen molar-refractivity contribution < 1.29 is 4.39 Å². The second kappa shape index (κ2) is 5.50. The first-order valence-electron chi connectivity index (χ1n) is 5.03. The van der Waals surface area contributed by atoms with Crippen LogP contribution in [-0.4, -0.2) is 0 Å². The Bertz CT molecular complexity index is 527. The van der Waals surface area contributed by atoms with Crippen LogP contribution in [0.3, 0.4) is 0 Å². The molecule has 0 amide bonds. The summed E-state index contributed by atoms with van der Waals surface area (Å²) in [4.78, 5) is 1.23. The number of hydrogen-bond acceptors (Lipinski definition) is 2. The van der Waals surface area contributed by atoms with Crippen LogP contribution >= 0.6 is 43.2 Å². The van der Waals surface area contributed by atoms with Crippen molar-refractivity contribution in [2.24, 2.45) is 0 Å². The van der Waals surface area contributed by atoms with Crippen molar-refractivity contribution in [3.05, 3.63) is 49.3 Å². The SMILES string of the molecule is CC(Nc1ccc(F)c(Br)c1)c1ccc(Br)s1. The van der Waals surface area contributed by atoms with E-state index in [0.29, 0.717) is 4.47 Å². The minimum atomic E-state index is -0.248. The average Bonchev–Trinajstić information content (AvgIpc) is 2.70. The zero-order valence-corrected chi connectivity index (χ0v) is 13.0. The minimum Gasteiger partial charge on any atom is -0.378 e. The summed E-state index contributed by atoms with van der Waals surface area (Å²) >= 11 is 8.31. The molecule has 0 saturated carbocycles. The summed E-state index contributed by atoms with van der Waals surface area (Å²) in [5, 5.41) is 3.33. The summed E-state index contributed by atoms with van der Waals surface area (Å²) < 4.78 is 14.7. The number of rotatable bonds is 3. The van der Waals surface area contributed by atoms with Crippen LogP contribution in [0.15, 0.2) is 38.6 Å². The van der Waals surface area contributed by atoms with Crippen LogP contribution in [0.5, 0.6) is 0 Å². The predicted molar refractivity (Wildman–Crippen MR) is 78.2 cm³/mol. The summed E-state index contributed by atoms with van der Waals surface area (Å²) in [5.41, 5.74) is 0.898. The Balaban J connectivity index is 2.12. The Kier molecular flexibility index (Phi) is 4.22. The van der Waals surface area contributed by atoms with E-state index in [1.807, 2.05) is 6.07 Å². The van der Waals surface area contributed by atoms with Crippen LogP contribution in [0.1, 0.15) is 17.8 Å². The first-order chi connectivity index (χ1) is 8.06. The number of hydrogen-bond donors (Lipinski definition) is 1. The Morgan fingerprint density at radius 1 is 1.24 bits per heavy atom. The van der Waals surface area contributed by atoms with E-state index in [1.165, 1.54) is 10.9 Å². The van der Waals surface area contributed by atoms with Gasteiger partial charge in [0, 0.05) is 10.6 Å². The van der Waals surface area contributed by atoms with E-state index in [9.17, 15) is 4.39 Å². The second-order valence-corrected chi connectivity index (χ2v) is 6.99. The Hall–Kier alpha value is -0.390. The van der Waals surface area contributed by atoms with Gasteiger partial charge in [-0.05, 0) is 69.1 Å². The van der Waals surface area contributed by atoms with E-state index < -0.39 is 0 Å². The molecule has 1 aromatic carbocycles. The zero-order valence-electron chi connectivity index (χ0n) is 9.01. The lowest BCUT2D eigenvalue weighted by Crippen LogP contribution is -2.04. The number of anilines is 1. The van der Waals surface area contributed by atoms with Crippen LogP contribution in [0.4, 0.5) is 10.1 Å². The molecule has 0 bridgehead atoms. The summed E-state index contributed by atoms with van der Waals surface area (Å²) in [6, 6.07) is 9.23. The molecule has 0 spiro atoms. The first-order valence-corrected chi connectivity index (χ1v) is 7.43. The predicted octanol–water partition coefficient (Wildman–Crippen LogP) is 5.59. The van der Waals surface area contributed by atoms with E-state index in [0.717, 1.165) is 9.47 Å². The number of halogens is 3. The van der Waals surface area contributed by atoms with E-state index >= 15 is 0 Å². The van der Waals surface area contributed by atoms with Crippen molar-refractivity contribution in [1.29, 1.82) is 0 Å². The highest BCUT2D eigenvalue weighted by Gasteiger charge is 2.08. The van der Waals surface area contributed by atoms with Crippen molar-refractivity contribution >= 4 is 48.9 Å². The first kappa shape index (κ1) is 13.1. The molecule has 0 aliphatic rings. The molecule has 1 nitrogen and oxygen atoms in total. The summed E-state index contributed by atoms with van der Waals surface area (Å²) in [6.07, 6.45) is 0. The fraction of sp³-hybridized carbons (Fsp3) is 0.167. The van der Waals surface area contributed by atoms with Crippen molar-refractivity contribution in [3.63, 3.8) is 0 Å². The Morgan fingerprint density at radius 3 is 2.59 bits per heavy atom. The van der Waals surface area contributed by atoms with E-state index in [1.54, 1.807) is 23.5 Å². The molecule has 0 saturated heterocycles. The van der Waals surface area contributed by atoms with Crippen molar-refractivity contribution in [1.82, 2.24) is 0 Å². The smallest absolute Gasteiger partial charge is 0.137 e. The van der Waals surface area contributed by atoms with Gasteiger partial charge < -0.3 is 5.32 Å². The number of nitrogens with one attached hydrogen (secondary N) is 1. The van der Waals surface area contributed by atoms with Gasteiger partial charge in [0.2, 0.25) is 0 Å². The Morgan fingerprint density at radius 2 is 2.00 bits per heavy atom. The third kappa shape index (κ3) is 3.30. The molecule has 2 aromatic rings. The molecule has 0 fully saturated rings. The monoisotopic (exact) mass is 377 g/mol. The highest BCUT2D eigenvalue weighted by Crippen LogP contribution is 2.30. The minimum absolute atomic E-state index is 0.198. The molecule has 1 atom stereocenters. The molecule has 1 N–H and O–H groups in total. The molecular weight excluding hydrogens is 369 g/mol. The molecule has 0 radical (unpaired) electrons. The van der Waals surface area contributed by atoms with E-state index in [2.05, 4.69) is 50.2 Å². The van der Waals surface area contributed by atoms with Gasteiger partial charge in [-0.15, -0.1) is 11.3 Å². The number of thiophene rings is 1. The summed E-state index contributed by atoms with van der Waals surface area (Å²) in [5.74, 6) is -0.248. The highest BCUT2D eigenvalue weighted by atomic mass is 79.9. The molecule has 2 rings (SSSR count). The lowest BCUT2D eigenvalue weighted by Gasteiger charge is -2.14. The highest BCUT2D eigenvalue weighted by molar-refractivity contribution is 9.11. The normalized spacial score (nSPS) is 12.5. The maximum Gasteiger partial charge on any atom is 0.137 e. The van der Waals surface area contributed by atoms with Gasteiger partial charge in [0.1, 0.15) is 5.82 Å². The molecule has 1 unspecified atom stereocenters. The van der Waals surface area contributed by atoms with Gasteiger partial charge in [-0.1, -0.05) is 0 Å². The number of benzene rings is 1. The molecule has 1 aromatic heterocycles. The lowest BCUT2D eigenvalue weighted by molar-refractivity contribution is 0.621. The van der Waals surface area contributed by atoms with E-state index in [4.69, 9.17) is 0 Å². The maximum atomic E-state index is 13.1. The molecule has 90 valence electrons. The molecule has 0 aliphatic heterocycles. The fourth-order valence-corrected chi connectivity index (χ4v) is 3.27. The summed E-state index contributed by atoms with van der Waals surface area (Å²) in [7, 11) is 0. The van der Waals surface area contributed by atoms with Crippen molar-refractivity contribution in [2.75, 3.05) is 5.32 Å². The van der Waals surface area contributed by atoms with Gasteiger partial charge >= 0.3 is 0 Å². The van der Waals surface area contributed by atoms with Crippen LogP contribution in [0.25, 0.3) is 0 Å². The third-order valence-electron chi connectivity index (χ3n) is 2.32. The van der Waals surface area contributed by atoms with Crippen LogP contribution < -0.4 is 5.32 Å². The van der Waals surface area contributed by atoms with Gasteiger partial charge in [-0.2, -0.15) is 0 Å². The fourth-order valence-electron chi connectivity index (χ4n) is 1.47. The van der Waals surface area contributed by atoms with Gasteiger partial charge in [0.15, 0.2) is 0 Å². The maximum absolute atomic E-state index is 13.1. The molecule has 1 heterocycles. The average molecular weight is 379 g/mol. The third-order valence-corrected chi connectivity index (χ3v) is 4.74. The van der Waals surface area contributed by atoms with Crippen molar-refractivity contribution in [2.45, 2.75) is 13.0 Å². The Labute approximate surface area is 120 Å². The van der Waals surface area contributed by atoms with Crippen LogP contribution in [-0.2, 0) is 0 Å². The molecule has 17 heavy (non-hydrogen) atoms. The van der Waals surface area contributed by atoms with Crippen molar-refractivity contribution in [3.8, 4) is 0 Å². The van der Waals surface area contributed by atoms with Gasteiger partial charge in [0.05, 0.1) is 14.3 Å². The molecule has 0 aliphatic carbocycles. The van der Waals surface area contributed by atoms with Gasteiger partial charge in [-0.25, -0.2) is 4.39 Å². The van der Waals surface area contributed by atoms with Gasteiger partial charge in [0.25, 0.3) is 0 Å². The molecule has 5 heteroatoms. The largest absolute Gasteiger partial charge is 0.378 e. The lowest BCUT2D eigenvalue weighted by atomic mass is 10.2. The molecular formula is C12H10Br2FNS.